The third-order valence-electron chi connectivity index (χ3n) is 3.12. The molecule has 0 aliphatic rings. The summed E-state index contributed by atoms with van der Waals surface area (Å²) in [4.78, 5) is 21.0. The van der Waals surface area contributed by atoms with Gasteiger partial charge >= 0.3 is 0 Å². The lowest BCUT2D eigenvalue weighted by atomic mass is 10.2. The average Bonchev–Trinajstić information content (AvgIpc) is 2.88. The number of hydrogen-bond acceptors (Lipinski definition) is 3. The Kier molecular flexibility index (Phi) is 3.55. The predicted octanol–water partition coefficient (Wildman–Crippen LogP) is 2.57. The molecule has 0 atom stereocenters. The third-order valence-corrected chi connectivity index (χ3v) is 3.12. The first-order valence-electron chi connectivity index (χ1n) is 6.06. The molecule has 5 heteroatoms. The molecule has 5 nitrogen and oxygen atoms in total. The van der Waals surface area contributed by atoms with Gasteiger partial charge < -0.3 is 14.6 Å². The molecule has 19 heavy (non-hydrogen) atoms. The van der Waals surface area contributed by atoms with E-state index in [0.29, 0.717) is 11.6 Å². The zero-order chi connectivity index (χ0) is 14.0. The Morgan fingerprint density at radius 2 is 2.32 bits per heavy atom. The number of carbonyl (C=O) groups excluding carboxylic acids is 1. The molecule has 0 fully saturated rings. The van der Waals surface area contributed by atoms with E-state index >= 15 is 0 Å². The molecule has 0 aromatic carbocycles. The molecule has 100 valence electrons. The fraction of sp³-hybridized carbons (Fsp3) is 0.286. The Labute approximate surface area is 111 Å². The summed E-state index contributed by atoms with van der Waals surface area (Å²) in [5.41, 5.74) is 2.00. The van der Waals surface area contributed by atoms with Crippen molar-refractivity contribution in [3.05, 3.63) is 36.3 Å². The van der Waals surface area contributed by atoms with Gasteiger partial charge in [-0.05, 0) is 18.6 Å². The van der Waals surface area contributed by atoms with Crippen LogP contribution < -0.4 is 4.74 Å². The van der Waals surface area contributed by atoms with E-state index < -0.39 is 0 Å². The number of allylic oxidation sites excluding steroid dienone is 1. The van der Waals surface area contributed by atoms with Gasteiger partial charge in [-0.25, -0.2) is 4.98 Å². The molecule has 2 heterocycles. The van der Waals surface area contributed by atoms with Crippen molar-refractivity contribution in [2.75, 3.05) is 14.2 Å². The summed E-state index contributed by atoms with van der Waals surface area (Å²) in [6, 6.07) is 3.63. The van der Waals surface area contributed by atoms with Gasteiger partial charge in [-0.3, -0.25) is 4.79 Å². The van der Waals surface area contributed by atoms with Gasteiger partial charge in [-0.15, -0.1) is 0 Å². The van der Waals surface area contributed by atoms with E-state index in [1.165, 1.54) is 0 Å². The van der Waals surface area contributed by atoms with Crippen LogP contribution in [0.4, 0.5) is 0 Å². The van der Waals surface area contributed by atoms with E-state index in [2.05, 4.69) is 16.5 Å². The van der Waals surface area contributed by atoms with Crippen molar-refractivity contribution < 1.29 is 9.53 Å². The Balaban J connectivity index is 2.41. The minimum atomic E-state index is -0.120. The minimum Gasteiger partial charge on any atom is -0.479 e. The highest BCUT2D eigenvalue weighted by Crippen LogP contribution is 2.23. The molecule has 0 aliphatic heterocycles. The summed E-state index contributed by atoms with van der Waals surface area (Å²) in [6.07, 6.45) is 2.38. The molecule has 0 saturated heterocycles. The van der Waals surface area contributed by atoms with Crippen molar-refractivity contribution >= 4 is 16.8 Å². The largest absolute Gasteiger partial charge is 0.479 e. The van der Waals surface area contributed by atoms with E-state index in [1.807, 2.05) is 13.0 Å². The summed E-state index contributed by atoms with van der Waals surface area (Å²) in [5, 5.41) is 0.894. The second-order valence-electron chi connectivity index (χ2n) is 4.25. The average molecular weight is 259 g/mol. The highest BCUT2D eigenvalue weighted by Gasteiger charge is 2.17. The maximum atomic E-state index is 12.3. The fourth-order valence-corrected chi connectivity index (χ4v) is 1.86. The lowest BCUT2D eigenvalue weighted by molar-refractivity contribution is 0.0829. The van der Waals surface area contributed by atoms with Gasteiger partial charge in [0.25, 0.3) is 5.91 Å². The number of H-pyrrole nitrogens is 1. The Morgan fingerprint density at radius 1 is 1.58 bits per heavy atom. The van der Waals surface area contributed by atoms with Crippen LogP contribution >= 0.6 is 0 Å². The number of hydrogen-bond donors (Lipinski definition) is 1. The Morgan fingerprint density at radius 3 is 2.95 bits per heavy atom. The van der Waals surface area contributed by atoms with Gasteiger partial charge in [0.15, 0.2) is 0 Å². The molecule has 2 rings (SSSR count). The number of nitrogens with zero attached hydrogens (tertiary/aromatic N) is 2. The molecular formula is C14H17N3O2. The molecule has 1 amide bonds. The van der Waals surface area contributed by atoms with E-state index in [4.69, 9.17) is 4.74 Å². The number of aromatic nitrogens is 2. The zero-order valence-electron chi connectivity index (χ0n) is 11.4. The molecule has 0 bridgehead atoms. The predicted molar refractivity (Wildman–Crippen MR) is 74.2 cm³/mol. The van der Waals surface area contributed by atoms with Gasteiger partial charge in [0, 0.05) is 24.3 Å². The first-order chi connectivity index (χ1) is 9.08. The van der Waals surface area contributed by atoms with Gasteiger partial charge in [0.2, 0.25) is 5.88 Å². The maximum absolute atomic E-state index is 12.3. The molecule has 0 spiro atoms. The van der Waals surface area contributed by atoms with Crippen molar-refractivity contribution in [1.29, 1.82) is 0 Å². The lowest BCUT2D eigenvalue weighted by Crippen LogP contribution is -2.25. The highest BCUT2D eigenvalue weighted by molar-refractivity contribution is 5.99. The summed E-state index contributed by atoms with van der Waals surface area (Å²) in [5.74, 6) is 0.360. The zero-order valence-corrected chi connectivity index (χ0v) is 11.4. The smallest absolute Gasteiger partial charge is 0.274 e. The molecule has 0 radical (unpaired) electrons. The van der Waals surface area contributed by atoms with Crippen LogP contribution in [0.1, 0.15) is 23.8 Å². The van der Waals surface area contributed by atoms with Gasteiger partial charge in [0.05, 0.1) is 7.11 Å². The summed E-state index contributed by atoms with van der Waals surface area (Å²) >= 11 is 0. The van der Waals surface area contributed by atoms with Crippen LogP contribution in [0, 0.1) is 0 Å². The van der Waals surface area contributed by atoms with Crippen molar-refractivity contribution in [2.24, 2.45) is 0 Å². The van der Waals surface area contributed by atoms with Crippen LogP contribution in [0.2, 0.25) is 0 Å². The van der Waals surface area contributed by atoms with Crippen molar-refractivity contribution in [3.8, 4) is 5.88 Å². The summed E-state index contributed by atoms with van der Waals surface area (Å²) in [7, 11) is 3.27. The summed E-state index contributed by atoms with van der Waals surface area (Å²) in [6.45, 7) is 5.82. The van der Waals surface area contributed by atoms with Crippen LogP contribution in [-0.2, 0) is 0 Å². The number of ether oxygens (including phenoxy) is 1. The van der Waals surface area contributed by atoms with Crippen molar-refractivity contribution in [1.82, 2.24) is 14.9 Å². The molecule has 0 unspecified atom stereocenters. The normalized spacial score (nSPS) is 10.5. The van der Waals surface area contributed by atoms with Crippen molar-refractivity contribution in [3.63, 3.8) is 0 Å². The maximum Gasteiger partial charge on any atom is 0.274 e. The summed E-state index contributed by atoms with van der Waals surface area (Å²) < 4.78 is 5.16. The van der Waals surface area contributed by atoms with E-state index in [1.54, 1.807) is 31.3 Å². The second kappa shape index (κ2) is 5.14. The SMILES string of the molecule is C=C(CC)N(C)C(=O)c1cc2ccnc(OC)c2[nH]1. The van der Waals surface area contributed by atoms with Gasteiger partial charge in [-0.1, -0.05) is 13.5 Å². The molecular weight excluding hydrogens is 242 g/mol. The number of pyridine rings is 1. The van der Waals surface area contributed by atoms with Crippen LogP contribution in [0.3, 0.4) is 0 Å². The second-order valence-corrected chi connectivity index (χ2v) is 4.25. The van der Waals surface area contributed by atoms with E-state index in [0.717, 1.165) is 23.0 Å². The molecule has 2 aromatic rings. The number of fused-ring (bicyclic) bond motifs is 1. The number of aromatic amines is 1. The first-order valence-corrected chi connectivity index (χ1v) is 6.06. The Bertz CT molecular complexity index is 631. The number of rotatable bonds is 4. The monoisotopic (exact) mass is 259 g/mol. The topological polar surface area (TPSA) is 58.2 Å². The highest BCUT2D eigenvalue weighted by atomic mass is 16.5. The number of amides is 1. The van der Waals surface area contributed by atoms with Crippen molar-refractivity contribution in [2.45, 2.75) is 13.3 Å². The third kappa shape index (κ3) is 2.31. The van der Waals surface area contributed by atoms with Crippen LogP contribution in [0.15, 0.2) is 30.6 Å². The van der Waals surface area contributed by atoms with E-state index in [9.17, 15) is 4.79 Å². The molecule has 0 saturated carbocycles. The van der Waals surface area contributed by atoms with Gasteiger partial charge in [0.1, 0.15) is 11.2 Å². The molecule has 1 N–H and O–H groups in total. The van der Waals surface area contributed by atoms with Crippen LogP contribution in [0.5, 0.6) is 5.88 Å². The first kappa shape index (κ1) is 13.1. The number of methoxy groups -OCH3 is 1. The molecule has 2 aromatic heterocycles. The lowest BCUT2D eigenvalue weighted by Gasteiger charge is -2.17. The fourth-order valence-electron chi connectivity index (χ4n) is 1.86. The number of carbonyl (C=O) groups is 1. The standard InChI is InChI=1S/C14H17N3O2/c1-5-9(2)17(3)14(18)11-8-10-6-7-15-13(19-4)12(10)16-11/h6-8,16H,2,5H2,1,3-4H3. The quantitative estimate of drug-likeness (QED) is 0.918. The number of nitrogens with one attached hydrogen (secondary N) is 1. The minimum absolute atomic E-state index is 0.120. The van der Waals surface area contributed by atoms with Crippen LogP contribution in [0.25, 0.3) is 10.9 Å². The van der Waals surface area contributed by atoms with Crippen LogP contribution in [-0.4, -0.2) is 34.9 Å². The van der Waals surface area contributed by atoms with Gasteiger partial charge in [-0.2, -0.15) is 0 Å². The molecule has 0 aliphatic carbocycles. The van der Waals surface area contributed by atoms with E-state index in [-0.39, 0.29) is 5.91 Å². The Hall–Kier alpha value is -2.30.